The summed E-state index contributed by atoms with van der Waals surface area (Å²) in [5.41, 5.74) is 7.66. The lowest BCUT2D eigenvalue weighted by Crippen LogP contribution is -1.94. The van der Waals surface area contributed by atoms with Crippen LogP contribution >= 0.6 is 0 Å². The number of rotatable bonds is 1. The van der Waals surface area contributed by atoms with Gasteiger partial charge in [-0.2, -0.15) is 0 Å². The molecule has 0 spiro atoms. The number of anilines is 1. The zero-order valence-corrected chi connectivity index (χ0v) is 9.40. The van der Waals surface area contributed by atoms with Crippen molar-refractivity contribution in [3.8, 4) is 5.69 Å². The van der Waals surface area contributed by atoms with Gasteiger partial charge in [0.1, 0.15) is 11.6 Å². The van der Waals surface area contributed by atoms with E-state index in [1.807, 2.05) is 18.2 Å². The van der Waals surface area contributed by atoms with Gasteiger partial charge >= 0.3 is 0 Å². The molecule has 0 aliphatic rings. The van der Waals surface area contributed by atoms with Gasteiger partial charge in [0.15, 0.2) is 0 Å². The van der Waals surface area contributed by atoms with Crippen LogP contribution in [0.15, 0.2) is 48.7 Å². The highest BCUT2D eigenvalue weighted by atomic mass is 19.1. The van der Waals surface area contributed by atoms with Gasteiger partial charge in [-0.15, -0.1) is 0 Å². The van der Waals surface area contributed by atoms with E-state index in [-0.39, 0.29) is 0 Å². The minimum atomic E-state index is -0.595. The smallest absolute Gasteiger partial charge is 0.128 e. The van der Waals surface area contributed by atoms with Crippen molar-refractivity contribution in [1.82, 2.24) is 4.57 Å². The molecule has 0 saturated heterocycles. The molecule has 0 aliphatic heterocycles. The van der Waals surface area contributed by atoms with E-state index in [0.717, 1.165) is 17.0 Å². The van der Waals surface area contributed by atoms with Gasteiger partial charge in [0.2, 0.25) is 0 Å². The summed E-state index contributed by atoms with van der Waals surface area (Å²) in [5.74, 6) is -1.19. The second-order valence-electron chi connectivity index (χ2n) is 4.13. The molecular formula is C14H10F2N2. The molecule has 1 heterocycles. The lowest BCUT2D eigenvalue weighted by molar-refractivity contribution is 0.582. The molecule has 18 heavy (non-hydrogen) atoms. The summed E-state index contributed by atoms with van der Waals surface area (Å²) in [5, 5.41) is 0.930. The molecule has 3 rings (SSSR count). The van der Waals surface area contributed by atoms with Gasteiger partial charge in [0.25, 0.3) is 0 Å². The van der Waals surface area contributed by atoms with Gasteiger partial charge in [-0.05, 0) is 36.4 Å². The predicted octanol–water partition coefficient (Wildman–Crippen LogP) is 3.49. The number of benzene rings is 2. The van der Waals surface area contributed by atoms with Crippen LogP contribution in [0.2, 0.25) is 0 Å². The monoisotopic (exact) mass is 244 g/mol. The van der Waals surface area contributed by atoms with Gasteiger partial charge < -0.3 is 10.3 Å². The highest BCUT2D eigenvalue weighted by Gasteiger charge is 2.06. The van der Waals surface area contributed by atoms with Crippen LogP contribution in [-0.2, 0) is 0 Å². The highest BCUT2D eigenvalue weighted by Crippen LogP contribution is 2.23. The predicted molar refractivity (Wildman–Crippen MR) is 67.6 cm³/mol. The molecule has 90 valence electrons. The van der Waals surface area contributed by atoms with Crippen molar-refractivity contribution < 1.29 is 8.78 Å². The fourth-order valence-corrected chi connectivity index (χ4v) is 2.06. The SMILES string of the molecule is Nc1ccc2c(ccn2-c2cc(F)cc(F)c2)c1. The van der Waals surface area contributed by atoms with Crippen molar-refractivity contribution in [2.45, 2.75) is 0 Å². The average molecular weight is 244 g/mol. The molecule has 0 fully saturated rings. The summed E-state index contributed by atoms with van der Waals surface area (Å²) in [6.45, 7) is 0. The standard InChI is InChI=1S/C14H10F2N2/c15-10-6-11(16)8-13(7-10)18-4-3-9-5-12(17)1-2-14(9)18/h1-8H,17H2. The highest BCUT2D eigenvalue weighted by molar-refractivity contribution is 5.84. The largest absolute Gasteiger partial charge is 0.399 e. The fraction of sp³-hybridized carbons (Fsp3) is 0. The summed E-state index contributed by atoms with van der Waals surface area (Å²) in [4.78, 5) is 0. The minimum absolute atomic E-state index is 0.451. The lowest BCUT2D eigenvalue weighted by atomic mass is 10.2. The molecule has 0 bridgehead atoms. The molecule has 0 amide bonds. The molecule has 2 nitrogen and oxygen atoms in total. The summed E-state index contributed by atoms with van der Waals surface area (Å²) in [7, 11) is 0. The molecular weight excluding hydrogens is 234 g/mol. The molecule has 1 aromatic heterocycles. The van der Waals surface area contributed by atoms with E-state index < -0.39 is 11.6 Å². The topological polar surface area (TPSA) is 30.9 Å². The second kappa shape index (κ2) is 3.84. The van der Waals surface area contributed by atoms with E-state index in [4.69, 9.17) is 5.73 Å². The normalized spacial score (nSPS) is 11.0. The maximum atomic E-state index is 13.2. The number of nitrogen functional groups attached to an aromatic ring is 1. The van der Waals surface area contributed by atoms with Crippen LogP contribution < -0.4 is 5.73 Å². The number of nitrogens with two attached hydrogens (primary N) is 1. The molecule has 0 saturated carbocycles. The van der Waals surface area contributed by atoms with Crippen molar-refractivity contribution in [3.05, 3.63) is 60.3 Å². The number of hydrogen-bond acceptors (Lipinski definition) is 1. The molecule has 3 aromatic rings. The summed E-state index contributed by atoms with van der Waals surface area (Å²) in [6.07, 6.45) is 1.76. The third kappa shape index (κ3) is 1.72. The minimum Gasteiger partial charge on any atom is -0.399 e. The van der Waals surface area contributed by atoms with Crippen LogP contribution in [0.5, 0.6) is 0 Å². The third-order valence-electron chi connectivity index (χ3n) is 2.84. The maximum absolute atomic E-state index is 13.2. The van der Waals surface area contributed by atoms with E-state index in [1.165, 1.54) is 12.1 Å². The Labute approximate surface area is 102 Å². The molecule has 0 unspecified atom stereocenters. The Morgan fingerprint density at radius 1 is 0.889 bits per heavy atom. The van der Waals surface area contributed by atoms with Crippen molar-refractivity contribution in [1.29, 1.82) is 0 Å². The van der Waals surface area contributed by atoms with Crippen LogP contribution in [0.4, 0.5) is 14.5 Å². The first-order valence-electron chi connectivity index (χ1n) is 5.46. The Hall–Kier alpha value is -2.36. The molecule has 0 atom stereocenters. The van der Waals surface area contributed by atoms with E-state index >= 15 is 0 Å². The van der Waals surface area contributed by atoms with Gasteiger partial charge in [0, 0.05) is 23.3 Å². The summed E-state index contributed by atoms with van der Waals surface area (Å²) < 4.78 is 28.1. The maximum Gasteiger partial charge on any atom is 0.128 e. The summed E-state index contributed by atoms with van der Waals surface area (Å²) in [6, 6.07) is 10.7. The number of hydrogen-bond donors (Lipinski definition) is 1. The molecule has 0 radical (unpaired) electrons. The van der Waals surface area contributed by atoms with E-state index in [9.17, 15) is 8.78 Å². The van der Waals surface area contributed by atoms with Gasteiger partial charge in [-0.1, -0.05) is 0 Å². The number of nitrogens with zero attached hydrogens (tertiary/aromatic N) is 1. The molecule has 4 heteroatoms. The molecule has 2 aromatic carbocycles. The van der Waals surface area contributed by atoms with Crippen LogP contribution in [0.3, 0.4) is 0 Å². The van der Waals surface area contributed by atoms with E-state index in [2.05, 4.69) is 0 Å². The Bertz CT molecular complexity index is 711. The number of fused-ring (bicyclic) bond motifs is 1. The van der Waals surface area contributed by atoms with Crippen molar-refractivity contribution in [3.63, 3.8) is 0 Å². The molecule has 0 aliphatic carbocycles. The third-order valence-corrected chi connectivity index (χ3v) is 2.84. The Morgan fingerprint density at radius 2 is 1.61 bits per heavy atom. The van der Waals surface area contributed by atoms with Crippen LogP contribution in [-0.4, -0.2) is 4.57 Å². The fourth-order valence-electron chi connectivity index (χ4n) is 2.06. The first-order valence-corrected chi connectivity index (χ1v) is 5.46. The van der Waals surface area contributed by atoms with Gasteiger partial charge in [-0.25, -0.2) is 8.78 Å². The van der Waals surface area contributed by atoms with Crippen molar-refractivity contribution in [2.75, 3.05) is 5.73 Å². The van der Waals surface area contributed by atoms with Gasteiger partial charge in [0.05, 0.1) is 11.2 Å². The average Bonchev–Trinajstić information content (AvgIpc) is 2.70. The van der Waals surface area contributed by atoms with Crippen LogP contribution in [0.25, 0.3) is 16.6 Å². The van der Waals surface area contributed by atoms with Crippen molar-refractivity contribution >= 4 is 16.6 Å². The van der Waals surface area contributed by atoms with Crippen LogP contribution in [0, 0.1) is 11.6 Å². The first kappa shape index (κ1) is 10.8. The zero-order valence-electron chi connectivity index (χ0n) is 9.40. The Morgan fingerprint density at radius 3 is 2.33 bits per heavy atom. The first-order chi connectivity index (χ1) is 8.63. The van der Waals surface area contributed by atoms with E-state index in [1.54, 1.807) is 16.8 Å². The number of aromatic nitrogens is 1. The number of halogens is 2. The molecule has 2 N–H and O–H groups in total. The Kier molecular flexibility index (Phi) is 2.30. The Balaban J connectivity index is 2.25. The van der Waals surface area contributed by atoms with Gasteiger partial charge in [-0.3, -0.25) is 0 Å². The lowest BCUT2D eigenvalue weighted by Gasteiger charge is -2.06. The summed E-state index contributed by atoms with van der Waals surface area (Å²) >= 11 is 0. The quantitative estimate of drug-likeness (QED) is 0.653. The zero-order chi connectivity index (χ0) is 12.7. The van der Waals surface area contributed by atoms with Crippen LogP contribution in [0.1, 0.15) is 0 Å². The van der Waals surface area contributed by atoms with E-state index in [0.29, 0.717) is 11.4 Å². The second-order valence-corrected chi connectivity index (χ2v) is 4.13. The van der Waals surface area contributed by atoms with Crippen molar-refractivity contribution in [2.24, 2.45) is 0 Å².